The molecule has 1 aromatic carbocycles. The van der Waals surface area contributed by atoms with Gasteiger partial charge in [0.1, 0.15) is 6.04 Å². The van der Waals surface area contributed by atoms with E-state index in [1.807, 2.05) is 0 Å². The number of benzene rings is 1. The summed E-state index contributed by atoms with van der Waals surface area (Å²) in [6, 6.07) is 3.96. The summed E-state index contributed by atoms with van der Waals surface area (Å²) in [6.07, 6.45) is 0.285. The predicted octanol–water partition coefficient (Wildman–Crippen LogP) is 0.841. The summed E-state index contributed by atoms with van der Waals surface area (Å²) in [5.41, 5.74) is 0.577. The van der Waals surface area contributed by atoms with E-state index in [0.717, 1.165) is 0 Å². The number of rotatable bonds is 3. The first kappa shape index (κ1) is 15.1. The molecule has 108 valence electrons. The molecule has 0 spiro atoms. The minimum absolute atomic E-state index is 0.108. The number of carbonyl (C=O) groups excluding carboxylic acids is 2. The first-order valence-corrected chi connectivity index (χ1v) is 8.19. The van der Waals surface area contributed by atoms with Gasteiger partial charge in [0.2, 0.25) is 21.8 Å². The molecule has 0 saturated carbocycles. The van der Waals surface area contributed by atoms with Crippen molar-refractivity contribution < 1.29 is 18.0 Å². The molecule has 8 heteroatoms. The van der Waals surface area contributed by atoms with Crippen molar-refractivity contribution in [2.75, 3.05) is 0 Å². The molecule has 2 rings (SSSR count). The number of sulfonamides is 1. The van der Waals surface area contributed by atoms with E-state index in [1.165, 1.54) is 6.07 Å². The molecule has 0 aromatic heterocycles. The van der Waals surface area contributed by atoms with E-state index in [-0.39, 0.29) is 23.6 Å². The minimum Gasteiger partial charge on any atom is -0.295 e. The molecule has 1 saturated heterocycles. The average molecular weight is 361 g/mol. The van der Waals surface area contributed by atoms with Gasteiger partial charge in [-0.2, -0.15) is 4.72 Å². The maximum Gasteiger partial charge on any atom is 0.244 e. The maximum absolute atomic E-state index is 12.3. The number of nitrogens with one attached hydrogen (secondary N) is 2. The van der Waals surface area contributed by atoms with Crippen molar-refractivity contribution >= 4 is 37.8 Å². The Kier molecular flexibility index (Phi) is 4.26. The van der Waals surface area contributed by atoms with Crippen LogP contribution >= 0.6 is 15.9 Å². The Morgan fingerprint density at radius 3 is 2.70 bits per heavy atom. The van der Waals surface area contributed by atoms with Gasteiger partial charge in [0, 0.05) is 10.9 Å². The normalized spacial score (nSPS) is 19.8. The molecular formula is C12H13BrN2O4S. The van der Waals surface area contributed by atoms with Gasteiger partial charge in [-0.25, -0.2) is 8.42 Å². The molecule has 1 unspecified atom stereocenters. The lowest BCUT2D eigenvalue weighted by Gasteiger charge is -2.22. The Bertz CT molecular complexity index is 672. The molecular weight excluding hydrogens is 348 g/mol. The van der Waals surface area contributed by atoms with Crippen molar-refractivity contribution in [1.82, 2.24) is 10.0 Å². The molecule has 20 heavy (non-hydrogen) atoms. The van der Waals surface area contributed by atoms with Gasteiger partial charge in [-0.05, 0) is 31.0 Å². The van der Waals surface area contributed by atoms with E-state index >= 15 is 0 Å². The number of halogens is 1. The van der Waals surface area contributed by atoms with Crippen LogP contribution in [0.1, 0.15) is 18.4 Å². The molecule has 2 N–H and O–H groups in total. The predicted molar refractivity (Wildman–Crippen MR) is 75.4 cm³/mol. The number of imide groups is 1. The fraction of sp³-hybridized carbons (Fsp3) is 0.333. The lowest BCUT2D eigenvalue weighted by Crippen LogP contribution is -2.52. The number of amides is 2. The van der Waals surface area contributed by atoms with Crippen molar-refractivity contribution in [2.24, 2.45) is 0 Å². The molecule has 1 aliphatic rings. The minimum atomic E-state index is -3.82. The molecule has 6 nitrogen and oxygen atoms in total. The summed E-state index contributed by atoms with van der Waals surface area (Å²) in [7, 11) is -3.82. The topological polar surface area (TPSA) is 92.3 Å². The second-order valence-corrected chi connectivity index (χ2v) is 7.13. The zero-order chi connectivity index (χ0) is 14.9. The third-order valence-electron chi connectivity index (χ3n) is 2.98. The van der Waals surface area contributed by atoms with Crippen LogP contribution < -0.4 is 10.0 Å². The highest BCUT2D eigenvalue weighted by Gasteiger charge is 2.31. The summed E-state index contributed by atoms with van der Waals surface area (Å²) in [5, 5.41) is 2.12. The monoisotopic (exact) mass is 360 g/mol. The van der Waals surface area contributed by atoms with Crippen molar-refractivity contribution in [3.63, 3.8) is 0 Å². The third kappa shape index (κ3) is 3.25. The first-order chi connectivity index (χ1) is 9.29. The van der Waals surface area contributed by atoms with E-state index in [2.05, 4.69) is 26.0 Å². The highest BCUT2D eigenvalue weighted by molar-refractivity contribution is 9.10. The van der Waals surface area contributed by atoms with E-state index < -0.39 is 22.0 Å². The van der Waals surface area contributed by atoms with Gasteiger partial charge in [-0.1, -0.05) is 22.0 Å². The zero-order valence-electron chi connectivity index (χ0n) is 10.6. The van der Waals surface area contributed by atoms with Gasteiger partial charge < -0.3 is 0 Å². The number of piperidine rings is 1. The second kappa shape index (κ2) is 5.63. The fourth-order valence-electron chi connectivity index (χ4n) is 1.92. The Hall–Kier alpha value is -1.25. The second-order valence-electron chi connectivity index (χ2n) is 4.53. The van der Waals surface area contributed by atoms with Crippen molar-refractivity contribution in [1.29, 1.82) is 0 Å². The highest BCUT2D eigenvalue weighted by Crippen LogP contribution is 2.21. The van der Waals surface area contributed by atoms with Crippen molar-refractivity contribution in [3.05, 3.63) is 28.2 Å². The average Bonchev–Trinajstić information content (AvgIpc) is 2.35. The third-order valence-corrected chi connectivity index (χ3v) is 5.08. The van der Waals surface area contributed by atoms with Crippen LogP contribution in [0.2, 0.25) is 0 Å². The lowest BCUT2D eigenvalue weighted by atomic mass is 10.1. The lowest BCUT2D eigenvalue weighted by molar-refractivity contribution is -0.134. The van der Waals surface area contributed by atoms with Crippen molar-refractivity contribution in [3.8, 4) is 0 Å². The molecule has 0 aliphatic carbocycles. The van der Waals surface area contributed by atoms with Gasteiger partial charge >= 0.3 is 0 Å². The highest BCUT2D eigenvalue weighted by atomic mass is 79.9. The van der Waals surface area contributed by atoms with Crippen LogP contribution in [0.4, 0.5) is 0 Å². The largest absolute Gasteiger partial charge is 0.295 e. The summed E-state index contributed by atoms with van der Waals surface area (Å²) in [4.78, 5) is 22.7. The van der Waals surface area contributed by atoms with Crippen LogP contribution in [0.25, 0.3) is 0 Å². The van der Waals surface area contributed by atoms with Crippen LogP contribution in [-0.4, -0.2) is 26.3 Å². The number of hydrogen-bond acceptors (Lipinski definition) is 4. The van der Waals surface area contributed by atoms with Gasteiger partial charge in [-0.3, -0.25) is 14.9 Å². The van der Waals surface area contributed by atoms with Gasteiger partial charge in [-0.15, -0.1) is 0 Å². The smallest absolute Gasteiger partial charge is 0.244 e. The van der Waals surface area contributed by atoms with Crippen LogP contribution in [0.3, 0.4) is 0 Å². The number of hydrogen-bond donors (Lipinski definition) is 2. The van der Waals surface area contributed by atoms with E-state index in [9.17, 15) is 18.0 Å². The Morgan fingerprint density at radius 1 is 1.35 bits per heavy atom. The number of carbonyl (C=O) groups is 2. The Balaban J connectivity index is 2.25. The maximum atomic E-state index is 12.3. The van der Waals surface area contributed by atoms with E-state index in [1.54, 1.807) is 19.1 Å². The quantitative estimate of drug-likeness (QED) is 0.781. The van der Waals surface area contributed by atoms with Crippen molar-refractivity contribution in [2.45, 2.75) is 30.7 Å². The van der Waals surface area contributed by atoms with Crippen LogP contribution in [0.5, 0.6) is 0 Å². The standard InChI is InChI=1S/C12H13BrN2O4S/c1-7-2-3-8(13)6-10(7)20(18,19)15-9-4-5-11(16)14-12(9)17/h2-3,6,9,15H,4-5H2,1H3,(H,14,16,17). The van der Waals surface area contributed by atoms with Gasteiger partial charge in [0.25, 0.3) is 0 Å². The van der Waals surface area contributed by atoms with Gasteiger partial charge in [0.05, 0.1) is 4.90 Å². The van der Waals surface area contributed by atoms with Crippen LogP contribution in [0, 0.1) is 6.92 Å². The molecule has 1 heterocycles. The summed E-state index contributed by atoms with van der Waals surface area (Å²) in [6.45, 7) is 1.67. The Morgan fingerprint density at radius 2 is 2.05 bits per heavy atom. The molecule has 1 aromatic rings. The summed E-state index contributed by atoms with van der Waals surface area (Å²) < 4.78 is 27.6. The van der Waals surface area contributed by atoms with E-state index in [0.29, 0.717) is 10.0 Å². The van der Waals surface area contributed by atoms with E-state index in [4.69, 9.17) is 0 Å². The molecule has 1 fully saturated rings. The Labute approximate surface area is 125 Å². The SMILES string of the molecule is Cc1ccc(Br)cc1S(=O)(=O)NC1CCC(=O)NC1=O. The van der Waals surface area contributed by atoms with Crippen LogP contribution in [0.15, 0.2) is 27.6 Å². The van der Waals surface area contributed by atoms with Gasteiger partial charge in [0.15, 0.2) is 0 Å². The number of aryl methyl sites for hydroxylation is 1. The fourth-order valence-corrected chi connectivity index (χ4v) is 3.93. The molecule has 0 radical (unpaired) electrons. The molecule has 0 bridgehead atoms. The molecule has 1 atom stereocenters. The van der Waals surface area contributed by atoms with Crippen LogP contribution in [-0.2, 0) is 19.6 Å². The molecule has 2 amide bonds. The summed E-state index contributed by atoms with van der Waals surface area (Å²) in [5.74, 6) is -0.999. The first-order valence-electron chi connectivity index (χ1n) is 5.92. The summed E-state index contributed by atoms with van der Waals surface area (Å²) >= 11 is 3.22. The zero-order valence-corrected chi connectivity index (χ0v) is 13.0. The molecule has 1 aliphatic heterocycles.